The second-order valence-electron chi connectivity index (χ2n) is 3.72. The summed E-state index contributed by atoms with van der Waals surface area (Å²) in [4.78, 5) is 0. The van der Waals surface area contributed by atoms with Crippen LogP contribution < -0.4 is 5.32 Å². The van der Waals surface area contributed by atoms with Crippen LogP contribution in [0.2, 0.25) is 5.02 Å². The minimum Gasteiger partial charge on any atom is -0.352 e. The fourth-order valence-electron chi connectivity index (χ4n) is 1.52. The van der Waals surface area contributed by atoms with E-state index in [1.54, 1.807) is 12.1 Å². The van der Waals surface area contributed by atoms with Crippen LogP contribution in [0.4, 0.5) is 4.39 Å². The number of rotatable bonds is 8. The first-order valence-corrected chi connectivity index (χ1v) is 6.43. The van der Waals surface area contributed by atoms with Crippen molar-refractivity contribution >= 4 is 11.6 Å². The summed E-state index contributed by atoms with van der Waals surface area (Å²) in [5.74, 6) is -0.401. The molecule has 0 fully saturated rings. The number of ether oxygens (including phenoxy) is 2. The number of benzene rings is 1. The normalized spacial score (nSPS) is 11.2. The number of hydrogen-bond donors (Lipinski definition) is 1. The minimum absolute atomic E-state index is 0.139. The smallest absolute Gasteiger partial charge is 0.169 e. The molecule has 1 N–H and O–H groups in total. The van der Waals surface area contributed by atoms with Gasteiger partial charge in [0, 0.05) is 26.3 Å². The first kappa shape index (κ1) is 15.4. The lowest BCUT2D eigenvalue weighted by molar-refractivity contribution is -0.133. The third-order valence-electron chi connectivity index (χ3n) is 2.33. The van der Waals surface area contributed by atoms with Gasteiger partial charge in [0.2, 0.25) is 0 Å². The average Bonchev–Trinajstić information content (AvgIpc) is 2.34. The van der Waals surface area contributed by atoms with Gasteiger partial charge in [0.25, 0.3) is 0 Å². The molecular weight excluding hydrogens is 257 g/mol. The molecule has 0 unspecified atom stereocenters. The van der Waals surface area contributed by atoms with Crippen molar-refractivity contribution in [3.63, 3.8) is 0 Å². The Morgan fingerprint density at radius 1 is 1.28 bits per heavy atom. The van der Waals surface area contributed by atoms with Crippen molar-refractivity contribution in [3.8, 4) is 0 Å². The Kier molecular flexibility index (Phi) is 7.20. The lowest BCUT2D eigenvalue weighted by Crippen LogP contribution is -2.31. The molecule has 0 aromatic heterocycles. The van der Waals surface area contributed by atoms with Crippen molar-refractivity contribution < 1.29 is 13.9 Å². The molecule has 1 aromatic carbocycles. The first-order valence-electron chi connectivity index (χ1n) is 6.05. The molecule has 0 aliphatic carbocycles. The predicted octanol–water partition coefficient (Wildman–Crippen LogP) is 2.97. The number of halogens is 2. The Morgan fingerprint density at radius 3 is 2.50 bits per heavy atom. The van der Waals surface area contributed by atoms with Crippen molar-refractivity contribution in [2.24, 2.45) is 0 Å². The maximum absolute atomic E-state index is 13.0. The van der Waals surface area contributed by atoms with E-state index in [1.807, 2.05) is 13.8 Å². The maximum atomic E-state index is 13.0. The lowest BCUT2D eigenvalue weighted by atomic mass is 10.2. The molecule has 0 heterocycles. The summed E-state index contributed by atoms with van der Waals surface area (Å²) in [6.45, 7) is 6.23. The fraction of sp³-hybridized carbons (Fsp3) is 0.538. The Balaban J connectivity index is 2.37. The molecule has 0 aliphatic rings. The largest absolute Gasteiger partial charge is 0.352 e. The van der Waals surface area contributed by atoms with E-state index in [0.29, 0.717) is 26.3 Å². The molecule has 0 aliphatic heterocycles. The van der Waals surface area contributed by atoms with Gasteiger partial charge in [0.15, 0.2) is 6.29 Å². The zero-order chi connectivity index (χ0) is 13.4. The molecule has 0 atom stereocenters. The van der Waals surface area contributed by atoms with Crippen molar-refractivity contribution in [1.29, 1.82) is 0 Å². The van der Waals surface area contributed by atoms with Gasteiger partial charge in [-0.3, -0.25) is 0 Å². The van der Waals surface area contributed by atoms with Crippen LogP contribution in [0.3, 0.4) is 0 Å². The van der Waals surface area contributed by atoms with Crippen LogP contribution in [0.25, 0.3) is 0 Å². The van der Waals surface area contributed by atoms with E-state index in [4.69, 9.17) is 21.1 Å². The average molecular weight is 276 g/mol. The van der Waals surface area contributed by atoms with Gasteiger partial charge in [-0.1, -0.05) is 17.7 Å². The van der Waals surface area contributed by atoms with Crippen molar-refractivity contribution in [1.82, 2.24) is 5.32 Å². The molecule has 5 heteroatoms. The molecule has 0 saturated carbocycles. The molecule has 3 nitrogen and oxygen atoms in total. The molecule has 0 radical (unpaired) electrons. The minimum atomic E-state index is -0.401. The summed E-state index contributed by atoms with van der Waals surface area (Å²) < 4.78 is 23.7. The van der Waals surface area contributed by atoms with Crippen LogP contribution in [-0.4, -0.2) is 26.0 Å². The van der Waals surface area contributed by atoms with Crippen molar-refractivity contribution in [3.05, 3.63) is 34.6 Å². The van der Waals surface area contributed by atoms with E-state index in [9.17, 15) is 4.39 Å². The summed E-state index contributed by atoms with van der Waals surface area (Å²) in [7, 11) is 0. The molecule has 0 spiro atoms. The Bertz CT molecular complexity index is 357. The Hall–Kier alpha value is -0.680. The molecule has 1 aromatic rings. The molecule has 0 bridgehead atoms. The third kappa shape index (κ3) is 5.31. The van der Waals surface area contributed by atoms with Gasteiger partial charge in [-0.2, -0.15) is 0 Å². The fourth-order valence-corrected chi connectivity index (χ4v) is 1.72. The highest BCUT2D eigenvalue weighted by Crippen LogP contribution is 2.15. The summed E-state index contributed by atoms with van der Waals surface area (Å²) in [6.07, 6.45) is -0.254. The van der Waals surface area contributed by atoms with Gasteiger partial charge in [0.05, 0.1) is 5.02 Å². The van der Waals surface area contributed by atoms with E-state index >= 15 is 0 Å². The Labute approximate surface area is 112 Å². The molecule has 18 heavy (non-hydrogen) atoms. The van der Waals surface area contributed by atoms with Crippen LogP contribution in [0.1, 0.15) is 19.4 Å². The molecule has 1 rings (SSSR count). The topological polar surface area (TPSA) is 30.5 Å². The van der Waals surface area contributed by atoms with E-state index < -0.39 is 5.82 Å². The van der Waals surface area contributed by atoms with Crippen LogP contribution in [0.15, 0.2) is 18.2 Å². The quantitative estimate of drug-likeness (QED) is 0.740. The van der Waals surface area contributed by atoms with E-state index in [1.165, 1.54) is 6.07 Å². The summed E-state index contributed by atoms with van der Waals surface area (Å²) in [5.41, 5.74) is 0.924. The molecule has 102 valence electrons. The standard InChI is InChI=1S/C13H19ClFNO2/c1-3-17-13(18-4-2)9-16-8-10-5-6-12(15)11(14)7-10/h5-7,13,16H,3-4,8-9H2,1-2H3. The molecule has 0 amide bonds. The monoisotopic (exact) mass is 275 g/mol. The van der Waals surface area contributed by atoms with Crippen molar-refractivity contribution in [2.45, 2.75) is 26.7 Å². The number of hydrogen-bond acceptors (Lipinski definition) is 3. The molecular formula is C13H19ClFNO2. The van der Waals surface area contributed by atoms with Crippen LogP contribution >= 0.6 is 11.6 Å². The van der Waals surface area contributed by atoms with Crippen LogP contribution in [0, 0.1) is 5.82 Å². The van der Waals surface area contributed by atoms with Gasteiger partial charge in [-0.25, -0.2) is 4.39 Å². The third-order valence-corrected chi connectivity index (χ3v) is 2.62. The highest BCUT2D eigenvalue weighted by atomic mass is 35.5. The van der Waals surface area contributed by atoms with Gasteiger partial charge >= 0.3 is 0 Å². The van der Waals surface area contributed by atoms with Crippen molar-refractivity contribution in [2.75, 3.05) is 19.8 Å². The second-order valence-corrected chi connectivity index (χ2v) is 4.13. The van der Waals surface area contributed by atoms with Gasteiger partial charge in [0.1, 0.15) is 5.82 Å². The highest BCUT2D eigenvalue weighted by molar-refractivity contribution is 6.30. The van der Waals surface area contributed by atoms with Gasteiger partial charge in [-0.15, -0.1) is 0 Å². The van der Waals surface area contributed by atoms with Gasteiger partial charge < -0.3 is 14.8 Å². The lowest BCUT2D eigenvalue weighted by Gasteiger charge is -2.17. The van der Waals surface area contributed by atoms with Gasteiger partial charge in [-0.05, 0) is 31.5 Å². The second kappa shape index (κ2) is 8.43. The summed E-state index contributed by atoms with van der Waals surface area (Å²) >= 11 is 5.70. The SMILES string of the molecule is CCOC(CNCc1ccc(F)c(Cl)c1)OCC. The summed E-state index contributed by atoms with van der Waals surface area (Å²) in [5, 5.41) is 3.33. The Morgan fingerprint density at radius 2 is 1.94 bits per heavy atom. The van der Waals surface area contributed by atoms with E-state index in [0.717, 1.165) is 5.56 Å². The van der Waals surface area contributed by atoms with Crippen LogP contribution in [-0.2, 0) is 16.0 Å². The number of nitrogens with one attached hydrogen (secondary N) is 1. The first-order chi connectivity index (χ1) is 8.67. The summed E-state index contributed by atoms with van der Waals surface area (Å²) in [6, 6.07) is 4.67. The van der Waals surface area contributed by atoms with Crippen LogP contribution in [0.5, 0.6) is 0 Å². The highest BCUT2D eigenvalue weighted by Gasteiger charge is 2.07. The predicted molar refractivity (Wildman–Crippen MR) is 70.2 cm³/mol. The van der Waals surface area contributed by atoms with E-state index in [-0.39, 0.29) is 11.3 Å². The zero-order valence-corrected chi connectivity index (χ0v) is 11.5. The molecule has 0 saturated heterocycles. The van der Waals surface area contributed by atoms with E-state index in [2.05, 4.69) is 5.32 Å². The zero-order valence-electron chi connectivity index (χ0n) is 10.7. The maximum Gasteiger partial charge on any atom is 0.169 e.